The second-order valence-electron chi connectivity index (χ2n) is 22.7. The predicted molar refractivity (Wildman–Crippen MR) is 332 cm³/mol. The number of benzene rings is 6. The summed E-state index contributed by atoms with van der Waals surface area (Å²) in [5, 5.41) is 9.07. The number of hydrogen-bond donors (Lipinski definition) is 3. The van der Waals surface area contributed by atoms with E-state index in [4.69, 9.17) is 60.6 Å². The molecule has 2 unspecified atom stereocenters. The minimum absolute atomic E-state index is 0.00435. The highest BCUT2D eigenvalue weighted by Gasteiger charge is 2.44. The van der Waals surface area contributed by atoms with Gasteiger partial charge < -0.3 is 35.1 Å². The van der Waals surface area contributed by atoms with Crippen molar-refractivity contribution >= 4 is 108 Å². The number of fused-ring (bicyclic) bond motifs is 2. The van der Waals surface area contributed by atoms with Gasteiger partial charge in [0.15, 0.2) is 19.7 Å². The number of halogens is 4. The van der Waals surface area contributed by atoms with E-state index in [-0.39, 0.29) is 73.6 Å². The van der Waals surface area contributed by atoms with E-state index in [1.165, 1.54) is 35.2 Å². The van der Waals surface area contributed by atoms with Crippen LogP contribution < -0.4 is 16.0 Å². The molecule has 0 aromatic heterocycles. The predicted octanol–water partition coefficient (Wildman–Crippen LogP) is 9.86. The summed E-state index contributed by atoms with van der Waals surface area (Å²) in [4.78, 5) is 97.8. The number of sulfone groups is 2. The molecule has 6 aromatic rings. The molecule has 7 amide bonds. The van der Waals surface area contributed by atoms with Crippen LogP contribution in [-0.4, -0.2) is 130 Å². The molecule has 468 valence electrons. The molecular weight excluding hydrogens is 1270 g/mol. The summed E-state index contributed by atoms with van der Waals surface area (Å²) in [5.41, 5.74) is 4.46. The van der Waals surface area contributed by atoms with Gasteiger partial charge in [-0.25, -0.2) is 41.0 Å². The van der Waals surface area contributed by atoms with E-state index in [2.05, 4.69) is 16.0 Å². The van der Waals surface area contributed by atoms with Crippen LogP contribution in [0, 0.1) is 0 Å². The van der Waals surface area contributed by atoms with E-state index in [0.29, 0.717) is 65.9 Å². The highest BCUT2D eigenvalue weighted by Crippen LogP contribution is 2.38. The first kappa shape index (κ1) is 65.9. The van der Waals surface area contributed by atoms with Crippen LogP contribution in [0.4, 0.5) is 14.4 Å². The van der Waals surface area contributed by atoms with Crippen LogP contribution in [0.1, 0.15) is 98.1 Å². The third-order valence-corrected chi connectivity index (χ3v) is 18.8. The zero-order valence-electron chi connectivity index (χ0n) is 48.8. The van der Waals surface area contributed by atoms with E-state index >= 15 is 0 Å². The maximum atomic E-state index is 14.2. The fourth-order valence-corrected chi connectivity index (χ4v) is 13.7. The number of rotatable bonds is 14. The van der Waals surface area contributed by atoms with Gasteiger partial charge in [-0.2, -0.15) is 0 Å². The molecule has 6 aromatic carbocycles. The van der Waals surface area contributed by atoms with Crippen molar-refractivity contribution in [1.82, 2.24) is 30.7 Å². The Balaban J connectivity index is 0.000000214. The van der Waals surface area contributed by atoms with Gasteiger partial charge in [-0.05, 0) is 121 Å². The van der Waals surface area contributed by atoms with Crippen molar-refractivity contribution in [2.75, 3.05) is 38.8 Å². The summed E-state index contributed by atoms with van der Waals surface area (Å²) < 4.78 is 64.9. The summed E-state index contributed by atoms with van der Waals surface area (Å²) in [5.74, 6) is -2.94. The molecule has 4 aliphatic heterocycles. The van der Waals surface area contributed by atoms with Crippen molar-refractivity contribution in [2.45, 2.75) is 99.1 Å². The van der Waals surface area contributed by atoms with Crippen LogP contribution in [0.5, 0.6) is 0 Å². The summed E-state index contributed by atoms with van der Waals surface area (Å²) in [6, 6.07) is 29.0. The molecule has 2 saturated heterocycles. The second-order valence-corrected chi connectivity index (χ2v) is 28.3. The molecule has 0 spiro atoms. The van der Waals surface area contributed by atoms with Gasteiger partial charge in [0, 0.05) is 45.0 Å². The molecule has 0 bridgehead atoms. The Kier molecular flexibility index (Phi) is 20.2. The van der Waals surface area contributed by atoms with Crippen LogP contribution in [0.3, 0.4) is 0 Å². The topological polar surface area (TPSA) is 261 Å². The van der Waals surface area contributed by atoms with E-state index in [9.17, 15) is 50.4 Å². The van der Waals surface area contributed by atoms with Crippen LogP contribution in [0.2, 0.25) is 20.1 Å². The molecule has 10 rings (SSSR count). The standard InChI is InChI=1S/C34H35Cl2N3O8S.C29H27Cl2N3O6S/c1-34(2,3)47-32(42)38-14-13-24-22(18-38)17-25(35)28(29(24)36)30(40)37-26(16-20-9-8-12-23(15-20)48(4,44)45)31(41)39-27(19-46-33(39)43)21-10-6-5-7-11-21;1-41(38,39)20-9-5-6-17(12-20)13-23(28(36)34-24(16-40-29(34)37)18-7-3-2-4-8-18)33-27(35)25-22(30)14-19-15-32-11-10-21(19)26(25)31/h5-12,15,17,26-27H,13-14,16,18-19H2,1-4H3,(H,37,40);2-9,12,14,23-24,32H,10-11,13,15-16H2,1H3,(H,33,35)/t26-,27?;23-,24?/m00/s1. The smallest absolute Gasteiger partial charge is 0.417 e. The zero-order valence-corrected chi connectivity index (χ0v) is 53.5. The number of imide groups is 2. The van der Waals surface area contributed by atoms with E-state index in [1.54, 1.807) is 106 Å². The maximum Gasteiger partial charge on any atom is 0.417 e. The Hall–Kier alpha value is -7.57. The molecule has 0 aliphatic carbocycles. The van der Waals surface area contributed by atoms with Crippen molar-refractivity contribution in [3.05, 3.63) is 197 Å². The Morgan fingerprint density at radius 3 is 1.49 bits per heavy atom. The Labute approximate surface area is 534 Å². The van der Waals surface area contributed by atoms with Gasteiger partial charge >= 0.3 is 18.3 Å². The van der Waals surface area contributed by atoms with Gasteiger partial charge in [0.25, 0.3) is 23.6 Å². The molecule has 89 heavy (non-hydrogen) atoms. The Morgan fingerprint density at radius 1 is 0.618 bits per heavy atom. The molecule has 0 saturated carbocycles. The van der Waals surface area contributed by atoms with Gasteiger partial charge in [0.2, 0.25) is 0 Å². The van der Waals surface area contributed by atoms with Gasteiger partial charge in [-0.1, -0.05) is 131 Å². The maximum absolute atomic E-state index is 14.2. The van der Waals surface area contributed by atoms with Gasteiger partial charge in [0.05, 0.1) is 41.0 Å². The lowest BCUT2D eigenvalue weighted by Gasteiger charge is -2.32. The second kappa shape index (κ2) is 27.3. The summed E-state index contributed by atoms with van der Waals surface area (Å²) in [7, 11) is -7.11. The number of carbonyl (C=O) groups is 7. The molecule has 4 heterocycles. The molecule has 4 atom stereocenters. The van der Waals surface area contributed by atoms with Crippen LogP contribution in [0.15, 0.2) is 131 Å². The normalized spacial score (nSPS) is 17.2. The first-order chi connectivity index (χ1) is 42.1. The Bertz CT molecular complexity index is 4020. The molecular formula is C63H62Cl4N6O14S2. The van der Waals surface area contributed by atoms with E-state index < -0.39 is 91.4 Å². The molecule has 3 N–H and O–H groups in total. The third-order valence-electron chi connectivity index (χ3n) is 15.1. The summed E-state index contributed by atoms with van der Waals surface area (Å²) in [6.45, 7) is 6.90. The van der Waals surface area contributed by atoms with Gasteiger partial charge in [0.1, 0.15) is 43.0 Å². The summed E-state index contributed by atoms with van der Waals surface area (Å²) >= 11 is 26.6. The fourth-order valence-electron chi connectivity index (χ4n) is 10.8. The summed E-state index contributed by atoms with van der Waals surface area (Å²) in [6.07, 6.45) is 0.591. The van der Waals surface area contributed by atoms with E-state index in [1.807, 2.05) is 6.07 Å². The first-order valence-electron chi connectivity index (χ1n) is 28.0. The lowest BCUT2D eigenvalue weighted by atomic mass is 9.96. The molecule has 20 nitrogen and oxygen atoms in total. The molecule has 4 aliphatic rings. The molecule has 26 heteroatoms. The minimum Gasteiger partial charge on any atom is -0.446 e. The SMILES string of the molecule is CC(C)(C)OC(=O)N1CCc2c(cc(Cl)c(C(=O)N[C@@H](Cc3cccc(S(C)(=O)=O)c3)C(=O)N3C(=O)OCC3c3ccccc3)c2Cl)C1.CS(=O)(=O)c1cccc(C[C@H](NC(=O)c2c(Cl)cc3c(c2Cl)CCNC3)C(=O)N2C(=O)OCC2c2ccccc2)c1. The quantitative estimate of drug-likeness (QED) is 0.0857. The average molecular weight is 1330 g/mol. The van der Waals surface area contributed by atoms with Crippen LogP contribution >= 0.6 is 46.4 Å². The van der Waals surface area contributed by atoms with Gasteiger partial charge in [-0.3, -0.25) is 19.2 Å². The highest BCUT2D eigenvalue weighted by molar-refractivity contribution is 7.91. The number of nitrogens with zero attached hydrogens (tertiary/aromatic N) is 3. The van der Waals surface area contributed by atoms with Crippen LogP contribution in [-0.2, 0) is 82.2 Å². The van der Waals surface area contributed by atoms with Crippen molar-refractivity contribution in [3.63, 3.8) is 0 Å². The highest BCUT2D eigenvalue weighted by atomic mass is 35.5. The average Bonchev–Trinajstić information content (AvgIpc) is 1.96. The van der Waals surface area contributed by atoms with Crippen molar-refractivity contribution in [3.8, 4) is 0 Å². The third kappa shape index (κ3) is 15.4. The Morgan fingerprint density at radius 2 is 1.06 bits per heavy atom. The number of nitrogens with one attached hydrogen (secondary N) is 3. The first-order valence-corrected chi connectivity index (χ1v) is 33.3. The lowest BCUT2D eigenvalue weighted by molar-refractivity contribution is -0.132. The fraction of sp³-hybridized carbons (Fsp3) is 0.317. The number of cyclic esters (lactones) is 2. The lowest BCUT2D eigenvalue weighted by Crippen LogP contribution is -2.50. The minimum atomic E-state index is -3.58. The van der Waals surface area contributed by atoms with Crippen molar-refractivity contribution < 1.29 is 64.6 Å². The molecule has 2 fully saturated rings. The van der Waals surface area contributed by atoms with Crippen molar-refractivity contribution in [2.24, 2.45) is 0 Å². The number of amides is 7. The monoisotopic (exact) mass is 1330 g/mol. The largest absolute Gasteiger partial charge is 0.446 e. The van der Waals surface area contributed by atoms with Crippen LogP contribution in [0.25, 0.3) is 0 Å². The zero-order chi connectivity index (χ0) is 64.3. The van der Waals surface area contributed by atoms with E-state index in [0.717, 1.165) is 33.4 Å². The van der Waals surface area contributed by atoms with Gasteiger partial charge in [-0.15, -0.1) is 0 Å². The van der Waals surface area contributed by atoms with Crippen molar-refractivity contribution in [1.29, 1.82) is 0 Å². The number of hydrogen-bond acceptors (Lipinski definition) is 15. The molecule has 0 radical (unpaired) electrons. The number of carbonyl (C=O) groups excluding carboxylic acids is 7. The number of ether oxygens (including phenoxy) is 3.